The molecule has 1 fully saturated rings. The molecule has 1 aliphatic rings. The summed E-state index contributed by atoms with van der Waals surface area (Å²) in [4.78, 5) is 20.0. The number of carbonyl (C=O) groups is 1. The molecule has 1 aliphatic heterocycles. The van der Waals surface area contributed by atoms with Crippen LogP contribution in [0.2, 0.25) is 0 Å². The normalized spacial score (nSPS) is 17.6. The third kappa shape index (κ3) is 7.22. The number of amides is 1. The van der Waals surface area contributed by atoms with E-state index in [0.717, 1.165) is 16.7 Å². The summed E-state index contributed by atoms with van der Waals surface area (Å²) in [6.07, 6.45) is 1.46. The lowest BCUT2D eigenvalue weighted by Crippen LogP contribution is -2.46. The Kier molecular flexibility index (Phi) is 10.8. The van der Waals surface area contributed by atoms with E-state index < -0.39 is 27.1 Å². The molecule has 0 aliphatic carbocycles. The van der Waals surface area contributed by atoms with Crippen LogP contribution in [0.5, 0.6) is 0 Å². The molecule has 1 saturated heterocycles. The van der Waals surface area contributed by atoms with Gasteiger partial charge < -0.3 is 9.57 Å². The van der Waals surface area contributed by atoms with Crippen molar-refractivity contribution in [2.45, 2.75) is 22.5 Å². The highest BCUT2D eigenvalue weighted by atomic mass is 32.2. The zero-order valence-corrected chi connectivity index (χ0v) is 25.3. The summed E-state index contributed by atoms with van der Waals surface area (Å²) in [6, 6.07) is 30.4. The van der Waals surface area contributed by atoms with Gasteiger partial charge in [0.2, 0.25) is 0 Å². The quantitative estimate of drug-likeness (QED) is 0.128. The number of oxime groups is 1. The molecule has 11 heteroatoms. The van der Waals surface area contributed by atoms with Gasteiger partial charge in [-0.05, 0) is 23.1 Å². The number of likely N-dealkylation sites (tertiary alicyclic amines) is 1. The average molecular weight is 609 g/mol. The van der Waals surface area contributed by atoms with Crippen LogP contribution in [0.25, 0.3) is 0 Å². The Morgan fingerprint density at radius 1 is 1.02 bits per heavy atom. The molecule has 222 valence electrons. The summed E-state index contributed by atoms with van der Waals surface area (Å²) >= 11 is 1.76. The van der Waals surface area contributed by atoms with Gasteiger partial charge >= 0.3 is 6.09 Å². The van der Waals surface area contributed by atoms with Crippen molar-refractivity contribution < 1.29 is 22.8 Å². The minimum Gasteiger partial charge on any atom is -0.445 e. The molecule has 0 unspecified atom stereocenters. The molecular weight excluding hydrogens is 572 g/mol. The van der Waals surface area contributed by atoms with Crippen LogP contribution in [-0.2, 0) is 24.5 Å². The highest BCUT2D eigenvalue weighted by Crippen LogP contribution is 2.52. The second-order valence-corrected chi connectivity index (χ2v) is 12.8. The van der Waals surface area contributed by atoms with E-state index in [1.807, 2.05) is 54.6 Å². The number of nitrogens with zero attached hydrogens (tertiary/aromatic N) is 2. The Morgan fingerprint density at radius 2 is 1.55 bits per heavy atom. The maximum absolute atomic E-state index is 13.3. The van der Waals surface area contributed by atoms with Gasteiger partial charge in [0.25, 0.3) is 10.2 Å². The molecule has 0 saturated carbocycles. The third-order valence-corrected chi connectivity index (χ3v) is 9.81. The van der Waals surface area contributed by atoms with Crippen LogP contribution in [0.1, 0.15) is 23.1 Å². The van der Waals surface area contributed by atoms with Crippen LogP contribution >= 0.6 is 11.8 Å². The molecule has 2 N–H and O–H groups in total. The van der Waals surface area contributed by atoms with Gasteiger partial charge in [-0.1, -0.05) is 109 Å². The van der Waals surface area contributed by atoms with Gasteiger partial charge in [-0.25, -0.2) is 9.52 Å². The molecule has 3 aromatic carbocycles. The average Bonchev–Trinajstić information content (AvgIpc) is 3.45. The van der Waals surface area contributed by atoms with E-state index in [9.17, 15) is 13.2 Å². The number of nitrogens with one attached hydrogen (secondary N) is 2. The smallest absolute Gasteiger partial charge is 0.410 e. The predicted molar refractivity (Wildman–Crippen MR) is 168 cm³/mol. The second-order valence-electron chi connectivity index (χ2n) is 9.58. The summed E-state index contributed by atoms with van der Waals surface area (Å²) in [5, 5.41) is 4.06. The molecule has 0 spiro atoms. The Hall–Kier alpha value is -3.64. The molecule has 1 heterocycles. The lowest BCUT2D eigenvalue weighted by Gasteiger charge is -2.37. The Balaban J connectivity index is 1.78. The fraction of sp³-hybridized carbons (Fsp3) is 0.290. The van der Waals surface area contributed by atoms with Crippen LogP contribution in [0.15, 0.2) is 109 Å². The predicted octanol–water partition coefficient (Wildman–Crippen LogP) is 4.53. The van der Waals surface area contributed by atoms with E-state index in [0.29, 0.717) is 18.7 Å². The van der Waals surface area contributed by atoms with Crippen LogP contribution in [0, 0.1) is 0 Å². The maximum Gasteiger partial charge on any atom is 0.410 e. The Labute approximate surface area is 252 Å². The first-order chi connectivity index (χ1) is 20.3. The third-order valence-electron chi connectivity index (χ3n) is 7.01. The first-order valence-electron chi connectivity index (χ1n) is 13.5. The molecule has 42 heavy (non-hydrogen) atoms. The van der Waals surface area contributed by atoms with E-state index in [1.54, 1.807) is 16.7 Å². The van der Waals surface area contributed by atoms with Crippen LogP contribution in [0.4, 0.5) is 4.79 Å². The van der Waals surface area contributed by atoms with Crippen molar-refractivity contribution in [3.8, 4) is 0 Å². The highest BCUT2D eigenvalue weighted by molar-refractivity contribution is 8.01. The van der Waals surface area contributed by atoms with Gasteiger partial charge in [0, 0.05) is 18.8 Å². The number of benzene rings is 3. The van der Waals surface area contributed by atoms with Gasteiger partial charge in [0.05, 0.1) is 23.0 Å². The Bertz CT molecular complexity index is 1360. The number of ether oxygens (including phenoxy) is 1. The van der Waals surface area contributed by atoms with Gasteiger partial charge in [-0.2, -0.15) is 13.1 Å². The summed E-state index contributed by atoms with van der Waals surface area (Å²) in [7, 11) is -1.05. The number of thioether (sulfide) groups is 1. The molecule has 2 atom stereocenters. The number of hydrogen-bond donors (Lipinski definition) is 2. The van der Waals surface area contributed by atoms with Crippen molar-refractivity contribution in [1.82, 2.24) is 14.3 Å². The standard InChI is InChI=1S/C31H36N4O5S2/c1-4-20-40-30(36)35-23-27(21-29(35)28(34-39-3)22-33-42(37,38)32-2)41-31(24-14-8-5-9-15-24,25-16-10-6-11-17-25)26-18-12-7-13-19-26/h4-19,27,29,32-33H,1,20-23H2,2-3H3/b34-28+/t27-,29-/m0/s1. The van der Waals surface area contributed by atoms with Crippen molar-refractivity contribution in [3.05, 3.63) is 120 Å². The SMILES string of the molecule is C=CCOC(=O)N1C[C@@H](SC(c2ccccc2)(c2ccccc2)c2ccccc2)C[C@H]1/C(CNS(=O)(=O)NC)=N/OC. The molecule has 0 aromatic heterocycles. The first-order valence-corrected chi connectivity index (χ1v) is 15.9. The summed E-state index contributed by atoms with van der Waals surface area (Å²) in [5.41, 5.74) is 3.66. The van der Waals surface area contributed by atoms with Gasteiger partial charge in [0.1, 0.15) is 13.7 Å². The van der Waals surface area contributed by atoms with Crippen molar-refractivity contribution in [2.75, 3.05) is 33.9 Å². The van der Waals surface area contributed by atoms with Crippen molar-refractivity contribution in [2.24, 2.45) is 5.16 Å². The molecule has 3 aromatic rings. The van der Waals surface area contributed by atoms with Crippen LogP contribution in [0.3, 0.4) is 0 Å². The molecule has 4 rings (SSSR count). The van der Waals surface area contributed by atoms with E-state index in [1.165, 1.54) is 20.2 Å². The number of carbonyl (C=O) groups excluding carboxylic acids is 1. The fourth-order valence-electron chi connectivity index (χ4n) is 5.16. The minimum atomic E-state index is -3.75. The minimum absolute atomic E-state index is 0.0466. The summed E-state index contributed by atoms with van der Waals surface area (Å²) < 4.78 is 33.9. The van der Waals surface area contributed by atoms with Crippen molar-refractivity contribution in [1.29, 1.82) is 0 Å². The lowest BCUT2D eigenvalue weighted by atomic mass is 9.84. The molecular formula is C31H36N4O5S2. The van der Waals surface area contributed by atoms with Gasteiger partial charge in [-0.3, -0.25) is 4.90 Å². The molecule has 9 nitrogen and oxygen atoms in total. The van der Waals surface area contributed by atoms with E-state index >= 15 is 0 Å². The van der Waals surface area contributed by atoms with Gasteiger partial charge in [-0.15, -0.1) is 11.8 Å². The second kappa shape index (κ2) is 14.5. The lowest BCUT2D eigenvalue weighted by molar-refractivity contribution is 0.115. The largest absolute Gasteiger partial charge is 0.445 e. The Morgan fingerprint density at radius 3 is 2.00 bits per heavy atom. The van der Waals surface area contributed by atoms with E-state index in [4.69, 9.17) is 9.57 Å². The van der Waals surface area contributed by atoms with E-state index in [2.05, 4.69) is 57.6 Å². The number of hydrogen-bond acceptors (Lipinski definition) is 7. The van der Waals surface area contributed by atoms with Crippen LogP contribution in [-0.4, -0.2) is 70.3 Å². The van der Waals surface area contributed by atoms with Crippen LogP contribution < -0.4 is 9.44 Å². The molecule has 0 bridgehead atoms. The summed E-state index contributed by atoms with van der Waals surface area (Å²) in [6.45, 7) is 3.89. The zero-order valence-electron chi connectivity index (χ0n) is 23.7. The van der Waals surface area contributed by atoms with Crippen molar-refractivity contribution >= 4 is 33.8 Å². The van der Waals surface area contributed by atoms with Crippen molar-refractivity contribution in [3.63, 3.8) is 0 Å². The molecule has 1 amide bonds. The molecule has 0 radical (unpaired) electrons. The maximum atomic E-state index is 13.3. The highest BCUT2D eigenvalue weighted by Gasteiger charge is 2.46. The van der Waals surface area contributed by atoms with Gasteiger partial charge in [0.15, 0.2) is 0 Å². The fourth-order valence-corrected chi connectivity index (χ4v) is 7.47. The summed E-state index contributed by atoms with van der Waals surface area (Å²) in [5.74, 6) is 0. The van der Waals surface area contributed by atoms with E-state index in [-0.39, 0.29) is 18.4 Å². The zero-order chi connectivity index (χ0) is 30.0. The number of rotatable bonds is 13. The topological polar surface area (TPSA) is 109 Å². The first kappa shape index (κ1) is 31.3. The monoisotopic (exact) mass is 608 g/mol.